The third-order valence-electron chi connectivity index (χ3n) is 5.23. The number of carbonyl (C=O) groups excluding carboxylic acids is 2. The monoisotopic (exact) mass is 422 g/mol. The van der Waals surface area contributed by atoms with Gasteiger partial charge in [-0.25, -0.2) is 4.79 Å². The number of hydrogen-bond acceptors (Lipinski definition) is 4. The van der Waals surface area contributed by atoms with Gasteiger partial charge in [0, 0.05) is 5.56 Å². The average Bonchev–Trinajstić information content (AvgIpc) is 2.73. The Morgan fingerprint density at radius 1 is 1.13 bits per heavy atom. The van der Waals surface area contributed by atoms with Gasteiger partial charge in [-0.05, 0) is 64.0 Å². The van der Waals surface area contributed by atoms with Crippen molar-refractivity contribution in [2.24, 2.45) is 0 Å². The second-order valence-electron chi connectivity index (χ2n) is 8.19. The summed E-state index contributed by atoms with van der Waals surface area (Å²) in [5, 5.41) is 2.66. The molecule has 2 amide bonds. The Bertz CT molecular complexity index is 982. The van der Waals surface area contributed by atoms with Crippen molar-refractivity contribution in [2.45, 2.75) is 52.8 Å². The minimum atomic E-state index is -0.756. The van der Waals surface area contributed by atoms with E-state index in [-0.39, 0.29) is 12.5 Å². The van der Waals surface area contributed by atoms with Crippen molar-refractivity contribution in [3.63, 3.8) is 0 Å². The van der Waals surface area contributed by atoms with E-state index < -0.39 is 17.7 Å². The number of allylic oxidation sites excluding steroid dienone is 1. The molecule has 0 aromatic heterocycles. The van der Waals surface area contributed by atoms with E-state index in [1.54, 1.807) is 11.8 Å². The minimum Gasteiger partial charge on any atom is -0.494 e. The van der Waals surface area contributed by atoms with Crippen LogP contribution in [0.1, 0.15) is 45.7 Å². The normalized spacial score (nSPS) is 15.4. The Kier molecular flexibility index (Phi) is 6.68. The molecule has 1 atom stereocenters. The molecule has 6 nitrogen and oxygen atoms in total. The molecule has 1 aliphatic heterocycles. The van der Waals surface area contributed by atoms with E-state index >= 15 is 0 Å². The van der Waals surface area contributed by atoms with E-state index in [9.17, 15) is 9.59 Å². The summed E-state index contributed by atoms with van der Waals surface area (Å²) >= 11 is 0. The number of nitrogens with zero attached hydrogens (tertiary/aromatic N) is 1. The Hall–Kier alpha value is -3.28. The van der Waals surface area contributed by atoms with Crippen LogP contribution in [0, 0.1) is 0 Å². The first-order chi connectivity index (χ1) is 14.7. The van der Waals surface area contributed by atoms with E-state index in [4.69, 9.17) is 9.47 Å². The van der Waals surface area contributed by atoms with Crippen LogP contribution < -0.4 is 15.0 Å². The highest BCUT2D eigenvalue weighted by molar-refractivity contribution is 6.03. The topological polar surface area (TPSA) is 67.9 Å². The molecule has 1 aliphatic rings. The highest BCUT2D eigenvalue weighted by atomic mass is 16.5. The summed E-state index contributed by atoms with van der Waals surface area (Å²) in [6.45, 7) is 10.3. The molecule has 0 radical (unpaired) electrons. The second-order valence-corrected chi connectivity index (χ2v) is 8.19. The minimum absolute atomic E-state index is 0.147. The zero-order valence-electron chi connectivity index (χ0n) is 18.8. The zero-order valence-corrected chi connectivity index (χ0v) is 18.8. The number of hydrogen-bond donors (Lipinski definition) is 1. The van der Waals surface area contributed by atoms with Crippen LogP contribution in [-0.4, -0.2) is 30.2 Å². The van der Waals surface area contributed by atoms with E-state index in [0.717, 1.165) is 28.1 Å². The van der Waals surface area contributed by atoms with Crippen molar-refractivity contribution < 1.29 is 19.1 Å². The molecular formula is C25H30N2O4. The van der Waals surface area contributed by atoms with Crippen LogP contribution in [0.25, 0.3) is 5.57 Å². The summed E-state index contributed by atoms with van der Waals surface area (Å²) in [7, 11) is 0. The highest BCUT2D eigenvalue weighted by Crippen LogP contribution is 2.40. The quantitative estimate of drug-likeness (QED) is 0.717. The molecule has 0 aliphatic carbocycles. The van der Waals surface area contributed by atoms with Crippen LogP contribution in [-0.2, 0) is 16.1 Å². The molecule has 0 fully saturated rings. The van der Waals surface area contributed by atoms with E-state index in [1.807, 2.05) is 76.2 Å². The molecule has 2 aromatic carbocycles. The number of anilines is 1. The second kappa shape index (κ2) is 9.25. The van der Waals surface area contributed by atoms with Gasteiger partial charge in [0.05, 0.1) is 17.8 Å². The number of benzene rings is 2. The van der Waals surface area contributed by atoms with Gasteiger partial charge in [0.2, 0.25) is 5.91 Å². The zero-order chi connectivity index (χ0) is 22.6. The number of ether oxygens (including phenoxy) is 2. The van der Waals surface area contributed by atoms with Gasteiger partial charge < -0.3 is 19.7 Å². The molecule has 31 heavy (non-hydrogen) atoms. The Morgan fingerprint density at radius 3 is 2.52 bits per heavy atom. The maximum absolute atomic E-state index is 13.4. The van der Waals surface area contributed by atoms with Crippen LogP contribution in [0.15, 0.2) is 54.6 Å². The summed E-state index contributed by atoms with van der Waals surface area (Å²) in [5.41, 5.74) is 3.15. The lowest BCUT2D eigenvalue weighted by molar-refractivity contribution is -0.121. The number of nitrogens with one attached hydrogen (secondary N) is 1. The van der Waals surface area contributed by atoms with Crippen molar-refractivity contribution >= 4 is 23.3 Å². The van der Waals surface area contributed by atoms with Gasteiger partial charge in [0.1, 0.15) is 18.4 Å². The van der Waals surface area contributed by atoms with Crippen LogP contribution >= 0.6 is 0 Å². The average molecular weight is 423 g/mol. The summed E-state index contributed by atoms with van der Waals surface area (Å²) in [5.74, 6) is 0.549. The van der Waals surface area contributed by atoms with Crippen molar-refractivity contribution in [2.75, 3.05) is 11.5 Å². The summed E-state index contributed by atoms with van der Waals surface area (Å²) in [6.07, 6.45) is 1.43. The Balaban J connectivity index is 1.75. The van der Waals surface area contributed by atoms with Crippen molar-refractivity contribution in [1.29, 1.82) is 0 Å². The molecule has 164 valence electrons. The Labute approximate surface area is 183 Å². The van der Waals surface area contributed by atoms with Gasteiger partial charge in [-0.2, -0.15) is 0 Å². The molecule has 0 saturated carbocycles. The molecule has 0 bridgehead atoms. The van der Waals surface area contributed by atoms with Crippen LogP contribution in [0.3, 0.4) is 0 Å². The molecule has 3 rings (SSSR count). The van der Waals surface area contributed by atoms with Crippen LogP contribution in [0.5, 0.6) is 5.75 Å². The molecular weight excluding hydrogens is 392 g/mol. The fraction of sp³-hybridized carbons (Fsp3) is 0.360. The number of amides is 2. The number of fused-ring (bicyclic) bond motifs is 1. The summed E-state index contributed by atoms with van der Waals surface area (Å²) < 4.78 is 10.9. The largest absolute Gasteiger partial charge is 0.494 e. The first kappa shape index (κ1) is 22.4. The summed E-state index contributed by atoms with van der Waals surface area (Å²) in [6, 6.07) is 14.4. The maximum atomic E-state index is 13.4. The molecule has 1 unspecified atom stereocenters. The van der Waals surface area contributed by atoms with Crippen molar-refractivity contribution in [3.05, 3.63) is 65.7 Å². The molecule has 1 heterocycles. The molecule has 0 spiro atoms. The van der Waals surface area contributed by atoms with Crippen LogP contribution in [0.2, 0.25) is 0 Å². The third-order valence-corrected chi connectivity index (χ3v) is 5.23. The highest BCUT2D eigenvalue weighted by Gasteiger charge is 2.38. The third kappa shape index (κ3) is 5.08. The first-order valence-electron chi connectivity index (χ1n) is 10.5. The SMILES string of the molecule is CCOc1ccc2c(c1)C(C)=CC(C)(C)N2C(=O)C(C)NC(=O)OCc1ccccc1. The fourth-order valence-electron chi connectivity index (χ4n) is 3.86. The van der Waals surface area contributed by atoms with Gasteiger partial charge in [0.25, 0.3) is 0 Å². The smallest absolute Gasteiger partial charge is 0.408 e. The van der Waals surface area contributed by atoms with Crippen molar-refractivity contribution in [3.8, 4) is 5.75 Å². The number of rotatable bonds is 6. The van der Waals surface area contributed by atoms with Crippen molar-refractivity contribution in [1.82, 2.24) is 5.32 Å². The lowest BCUT2D eigenvalue weighted by atomic mass is 9.88. The van der Waals surface area contributed by atoms with Gasteiger partial charge in [-0.15, -0.1) is 0 Å². The van der Waals surface area contributed by atoms with Gasteiger partial charge in [0.15, 0.2) is 0 Å². The predicted octanol–water partition coefficient (Wildman–Crippen LogP) is 4.93. The molecule has 0 saturated heterocycles. The van der Waals surface area contributed by atoms with E-state index in [1.165, 1.54) is 0 Å². The predicted molar refractivity (Wildman–Crippen MR) is 122 cm³/mol. The van der Waals surface area contributed by atoms with E-state index in [2.05, 4.69) is 11.4 Å². The maximum Gasteiger partial charge on any atom is 0.408 e. The van der Waals surface area contributed by atoms with Crippen LogP contribution in [0.4, 0.5) is 10.5 Å². The molecule has 6 heteroatoms. The lowest BCUT2D eigenvalue weighted by Gasteiger charge is -2.42. The first-order valence-corrected chi connectivity index (χ1v) is 10.5. The number of alkyl carbamates (subject to hydrolysis) is 1. The molecule has 1 N–H and O–H groups in total. The standard InChI is InChI=1S/C25H30N2O4/c1-6-30-20-12-13-22-21(14-20)17(2)15-25(4,5)27(22)23(28)18(3)26-24(29)31-16-19-10-8-7-9-11-19/h7-15,18H,6,16H2,1-5H3,(H,26,29). The van der Waals surface area contributed by atoms with Gasteiger partial charge in [-0.3, -0.25) is 4.79 Å². The fourth-order valence-corrected chi connectivity index (χ4v) is 3.86. The summed E-state index contributed by atoms with van der Waals surface area (Å²) in [4.78, 5) is 27.4. The van der Waals surface area contributed by atoms with Gasteiger partial charge >= 0.3 is 6.09 Å². The lowest BCUT2D eigenvalue weighted by Crippen LogP contribution is -2.55. The number of carbonyl (C=O) groups is 2. The van der Waals surface area contributed by atoms with Gasteiger partial charge in [-0.1, -0.05) is 36.4 Å². The Morgan fingerprint density at radius 2 is 1.84 bits per heavy atom. The van der Waals surface area contributed by atoms with E-state index in [0.29, 0.717) is 6.61 Å². The molecule has 2 aromatic rings.